The molecule has 8 nitrogen and oxygen atoms in total. The van der Waals surface area contributed by atoms with Gasteiger partial charge in [0.2, 0.25) is 0 Å². The molecule has 21 heavy (non-hydrogen) atoms. The fourth-order valence-electron chi connectivity index (χ4n) is 2.78. The summed E-state index contributed by atoms with van der Waals surface area (Å²) >= 11 is 0. The molecule has 1 aliphatic heterocycles. The highest BCUT2D eigenvalue weighted by Crippen LogP contribution is 2.44. The molecule has 0 spiro atoms. The number of fused-ring (bicyclic) bond motifs is 1. The molecule has 0 saturated carbocycles. The summed E-state index contributed by atoms with van der Waals surface area (Å²) in [5.41, 5.74) is 6.14. The number of hydrogen-bond donors (Lipinski definition) is 3. The lowest BCUT2D eigenvalue weighted by molar-refractivity contribution is -0.0240. The number of hydrogen-bond acceptors (Lipinski definition) is 7. The summed E-state index contributed by atoms with van der Waals surface area (Å²) in [6.07, 6.45) is -0.941. The van der Waals surface area contributed by atoms with Gasteiger partial charge in [0.05, 0.1) is 12.3 Å². The molecule has 1 saturated heterocycles. The first-order chi connectivity index (χ1) is 10.0. The molecule has 1 fully saturated rings. The van der Waals surface area contributed by atoms with Crippen LogP contribution >= 0.6 is 0 Å². The molecule has 0 bridgehead atoms. The lowest BCUT2D eigenvalue weighted by Gasteiger charge is -2.27. The minimum atomic E-state index is -0.985. The monoisotopic (exact) mass is 291 g/mol. The van der Waals surface area contributed by atoms with Crippen LogP contribution in [0.5, 0.6) is 0 Å². The molecule has 3 heterocycles. The Morgan fingerprint density at radius 1 is 1.57 bits per heavy atom. The summed E-state index contributed by atoms with van der Waals surface area (Å²) < 4.78 is 7.37. The van der Waals surface area contributed by atoms with Gasteiger partial charge in [0.1, 0.15) is 35.7 Å². The van der Waals surface area contributed by atoms with E-state index in [9.17, 15) is 10.2 Å². The van der Waals surface area contributed by atoms with Crippen molar-refractivity contribution < 1.29 is 14.9 Å². The van der Waals surface area contributed by atoms with Gasteiger partial charge in [0.25, 0.3) is 0 Å². The van der Waals surface area contributed by atoms with Crippen LogP contribution in [0.15, 0.2) is 23.5 Å². The van der Waals surface area contributed by atoms with E-state index in [0.717, 1.165) is 0 Å². The molecule has 1 aliphatic rings. The summed E-state index contributed by atoms with van der Waals surface area (Å²) in [4.78, 5) is 7.97. The Labute approximate surface area is 120 Å². The number of aliphatic hydroxyl groups is 2. The molecule has 2 aromatic heterocycles. The quantitative estimate of drug-likeness (QED) is 0.660. The molecule has 3 rings (SSSR count). The highest BCUT2D eigenvalue weighted by molar-refractivity contribution is 5.65. The molecule has 8 heteroatoms. The van der Waals surface area contributed by atoms with E-state index in [4.69, 9.17) is 10.5 Å². The van der Waals surface area contributed by atoms with Gasteiger partial charge in [-0.15, -0.1) is 0 Å². The SMILES string of the molecule is C=N[C@]1(C)[C@H](O)[C@@H](CO)O[C@H]1c1ccc2c(N)ncnn12. The Morgan fingerprint density at radius 2 is 2.33 bits per heavy atom. The van der Waals surface area contributed by atoms with Gasteiger partial charge >= 0.3 is 0 Å². The van der Waals surface area contributed by atoms with Crippen molar-refractivity contribution in [3.8, 4) is 0 Å². The Kier molecular flexibility index (Phi) is 3.16. The zero-order valence-corrected chi connectivity index (χ0v) is 11.5. The minimum Gasteiger partial charge on any atom is -0.394 e. The summed E-state index contributed by atoms with van der Waals surface area (Å²) in [5.74, 6) is 0.349. The molecule has 2 aromatic rings. The highest BCUT2D eigenvalue weighted by Gasteiger charge is 2.54. The van der Waals surface area contributed by atoms with Crippen LogP contribution in [0.2, 0.25) is 0 Å². The van der Waals surface area contributed by atoms with Crippen LogP contribution in [0.4, 0.5) is 5.82 Å². The molecule has 4 N–H and O–H groups in total. The zero-order valence-electron chi connectivity index (χ0n) is 11.5. The summed E-state index contributed by atoms with van der Waals surface area (Å²) in [7, 11) is 0. The van der Waals surface area contributed by atoms with Crippen molar-refractivity contribution in [3.63, 3.8) is 0 Å². The zero-order chi connectivity index (χ0) is 15.2. The van der Waals surface area contributed by atoms with E-state index in [1.807, 2.05) is 0 Å². The van der Waals surface area contributed by atoms with Gasteiger partial charge in [-0.25, -0.2) is 9.50 Å². The topological polar surface area (TPSA) is 118 Å². The first kappa shape index (κ1) is 13.9. The van der Waals surface area contributed by atoms with Crippen molar-refractivity contribution in [2.45, 2.75) is 30.8 Å². The van der Waals surface area contributed by atoms with Crippen molar-refractivity contribution in [1.29, 1.82) is 0 Å². The lowest BCUT2D eigenvalue weighted by Crippen LogP contribution is -2.41. The van der Waals surface area contributed by atoms with Crippen LogP contribution in [0.1, 0.15) is 18.7 Å². The fraction of sp³-hybridized carbons (Fsp3) is 0.462. The number of nitrogens with two attached hydrogens (primary N) is 1. The third-order valence-electron chi connectivity index (χ3n) is 4.09. The van der Waals surface area contributed by atoms with E-state index in [0.29, 0.717) is 17.0 Å². The molecular formula is C13H17N5O3. The second-order valence-electron chi connectivity index (χ2n) is 5.27. The summed E-state index contributed by atoms with van der Waals surface area (Å²) in [6, 6.07) is 3.57. The normalized spacial score (nSPS) is 32.6. The Balaban J connectivity index is 2.13. The number of aromatic nitrogens is 3. The van der Waals surface area contributed by atoms with E-state index in [-0.39, 0.29) is 6.61 Å². The number of aliphatic hydroxyl groups excluding tert-OH is 2. The molecule has 0 radical (unpaired) electrons. The number of aliphatic imine (C=N–C) groups is 1. The van der Waals surface area contributed by atoms with E-state index in [1.54, 1.807) is 23.6 Å². The average molecular weight is 291 g/mol. The Bertz CT molecular complexity index is 687. The maximum atomic E-state index is 10.3. The second kappa shape index (κ2) is 4.76. The smallest absolute Gasteiger partial charge is 0.151 e. The first-order valence-corrected chi connectivity index (χ1v) is 6.53. The van der Waals surface area contributed by atoms with Gasteiger partial charge in [0, 0.05) is 0 Å². The van der Waals surface area contributed by atoms with Crippen LogP contribution in [0.25, 0.3) is 5.52 Å². The largest absolute Gasteiger partial charge is 0.394 e. The lowest BCUT2D eigenvalue weighted by atomic mass is 9.88. The highest BCUT2D eigenvalue weighted by atomic mass is 16.5. The number of anilines is 1. The van der Waals surface area contributed by atoms with Gasteiger partial charge in [-0.2, -0.15) is 5.10 Å². The third-order valence-corrected chi connectivity index (χ3v) is 4.09. The van der Waals surface area contributed by atoms with Gasteiger partial charge in [-0.3, -0.25) is 4.99 Å². The predicted molar refractivity (Wildman–Crippen MR) is 76.1 cm³/mol. The molecule has 0 aromatic carbocycles. The molecule has 0 unspecified atom stereocenters. The fourth-order valence-corrected chi connectivity index (χ4v) is 2.78. The van der Waals surface area contributed by atoms with Crippen LogP contribution in [-0.4, -0.2) is 55.9 Å². The maximum absolute atomic E-state index is 10.3. The number of nitrogens with zero attached hydrogens (tertiary/aromatic N) is 4. The second-order valence-corrected chi connectivity index (χ2v) is 5.27. The summed E-state index contributed by atoms with van der Waals surface area (Å²) in [6.45, 7) is 4.98. The average Bonchev–Trinajstić information content (AvgIpc) is 3.01. The van der Waals surface area contributed by atoms with Gasteiger partial charge in [-0.1, -0.05) is 0 Å². The van der Waals surface area contributed by atoms with E-state index >= 15 is 0 Å². The van der Waals surface area contributed by atoms with Gasteiger partial charge < -0.3 is 20.7 Å². The Hall–Kier alpha value is -2.03. The summed E-state index contributed by atoms with van der Waals surface area (Å²) in [5, 5.41) is 23.8. The van der Waals surface area contributed by atoms with Crippen LogP contribution < -0.4 is 5.73 Å². The molecule has 0 aliphatic carbocycles. The van der Waals surface area contributed by atoms with Crippen molar-refractivity contribution in [2.24, 2.45) is 4.99 Å². The van der Waals surface area contributed by atoms with E-state index < -0.39 is 23.9 Å². The molecular weight excluding hydrogens is 274 g/mol. The van der Waals surface area contributed by atoms with Crippen molar-refractivity contribution in [1.82, 2.24) is 14.6 Å². The van der Waals surface area contributed by atoms with Crippen LogP contribution in [0.3, 0.4) is 0 Å². The third kappa shape index (κ3) is 1.84. The van der Waals surface area contributed by atoms with Gasteiger partial charge in [-0.05, 0) is 25.8 Å². The number of nitrogen functional groups attached to an aromatic ring is 1. The first-order valence-electron chi connectivity index (χ1n) is 6.53. The van der Waals surface area contributed by atoms with Crippen LogP contribution in [0, 0.1) is 0 Å². The van der Waals surface area contributed by atoms with Crippen molar-refractivity contribution >= 4 is 18.1 Å². The number of ether oxygens (including phenoxy) is 1. The van der Waals surface area contributed by atoms with Crippen molar-refractivity contribution in [3.05, 3.63) is 24.2 Å². The van der Waals surface area contributed by atoms with Crippen molar-refractivity contribution in [2.75, 3.05) is 12.3 Å². The standard InChI is InChI=1S/C13H17N5O3/c1-13(15-2)10(20)9(5-19)21-11(13)7-3-4-8-12(14)16-6-17-18(7)8/h3-4,6,9-11,19-20H,2,5H2,1H3,(H2,14,16,17)/t9-,10-,11+,13-/m1/s1. The molecule has 112 valence electrons. The minimum absolute atomic E-state index is 0.302. The maximum Gasteiger partial charge on any atom is 0.151 e. The Morgan fingerprint density at radius 3 is 3.00 bits per heavy atom. The predicted octanol–water partition coefficient (Wildman–Crippen LogP) is -0.436. The van der Waals surface area contributed by atoms with E-state index in [1.165, 1.54) is 6.33 Å². The van der Waals surface area contributed by atoms with Crippen LogP contribution in [-0.2, 0) is 4.74 Å². The van der Waals surface area contributed by atoms with E-state index in [2.05, 4.69) is 21.8 Å². The molecule has 4 atom stereocenters. The number of rotatable bonds is 3. The van der Waals surface area contributed by atoms with Gasteiger partial charge in [0.15, 0.2) is 5.82 Å². The molecule has 0 amide bonds.